The van der Waals surface area contributed by atoms with Crippen molar-refractivity contribution in [1.29, 1.82) is 0 Å². The van der Waals surface area contributed by atoms with E-state index in [0.29, 0.717) is 25.1 Å². The van der Waals surface area contributed by atoms with Gasteiger partial charge in [0.25, 0.3) is 11.5 Å². The average Bonchev–Trinajstić information content (AvgIpc) is 2.64. The minimum atomic E-state index is -0.334. The van der Waals surface area contributed by atoms with Crippen LogP contribution in [0.15, 0.2) is 53.5 Å². The second-order valence-electron chi connectivity index (χ2n) is 5.86. The number of hydrogen-bond acceptors (Lipinski definition) is 3. The van der Waals surface area contributed by atoms with Crippen molar-refractivity contribution in [3.63, 3.8) is 0 Å². The van der Waals surface area contributed by atoms with Gasteiger partial charge in [0.05, 0.1) is 5.92 Å². The van der Waals surface area contributed by atoms with Crippen LogP contribution >= 0.6 is 0 Å². The fourth-order valence-electron chi connectivity index (χ4n) is 2.89. The van der Waals surface area contributed by atoms with Gasteiger partial charge in [0.1, 0.15) is 5.69 Å². The summed E-state index contributed by atoms with van der Waals surface area (Å²) in [5, 5.41) is 2.66. The Hall–Kier alpha value is -2.89. The number of rotatable bonds is 3. The third-order valence-corrected chi connectivity index (χ3v) is 4.18. The molecule has 3 rings (SSSR count). The number of nitrogens with one attached hydrogen (secondary N) is 2. The van der Waals surface area contributed by atoms with Crippen LogP contribution in [0.4, 0.5) is 5.69 Å². The Morgan fingerprint density at radius 3 is 2.67 bits per heavy atom. The van der Waals surface area contributed by atoms with Crippen LogP contribution < -0.4 is 10.9 Å². The van der Waals surface area contributed by atoms with E-state index < -0.39 is 0 Å². The maximum Gasteiger partial charge on any atom is 0.271 e. The van der Waals surface area contributed by atoms with Crippen molar-refractivity contribution in [2.75, 3.05) is 18.4 Å². The molecule has 2 heterocycles. The van der Waals surface area contributed by atoms with Gasteiger partial charge in [-0.05, 0) is 37.1 Å². The summed E-state index contributed by atoms with van der Waals surface area (Å²) in [7, 11) is 0. The maximum atomic E-state index is 12.5. The number of hydrogen-bond donors (Lipinski definition) is 2. The number of carbonyl (C=O) groups excluding carboxylic acids is 2. The molecule has 2 N–H and O–H groups in total. The van der Waals surface area contributed by atoms with Crippen LogP contribution in [0.5, 0.6) is 0 Å². The minimum Gasteiger partial charge on any atom is -0.338 e. The second kappa shape index (κ2) is 7.12. The number of aromatic nitrogens is 1. The molecule has 124 valence electrons. The zero-order valence-electron chi connectivity index (χ0n) is 13.2. The van der Waals surface area contributed by atoms with Crippen LogP contribution in [0.2, 0.25) is 0 Å². The number of aromatic amines is 1. The first-order valence-electron chi connectivity index (χ1n) is 7.98. The number of piperidine rings is 1. The Kier molecular flexibility index (Phi) is 4.74. The fraction of sp³-hybridized carbons (Fsp3) is 0.278. The van der Waals surface area contributed by atoms with Crippen molar-refractivity contribution in [1.82, 2.24) is 9.88 Å². The van der Waals surface area contributed by atoms with Gasteiger partial charge < -0.3 is 15.2 Å². The molecule has 0 aliphatic carbocycles. The van der Waals surface area contributed by atoms with Gasteiger partial charge in [-0.1, -0.05) is 18.2 Å². The lowest BCUT2D eigenvalue weighted by atomic mass is 9.96. The molecule has 1 aliphatic heterocycles. The Bertz CT molecular complexity index is 785. The van der Waals surface area contributed by atoms with Crippen LogP contribution in [0, 0.1) is 5.92 Å². The molecule has 1 fully saturated rings. The first kappa shape index (κ1) is 16.0. The highest BCUT2D eigenvalue weighted by Gasteiger charge is 2.29. The third-order valence-electron chi connectivity index (χ3n) is 4.18. The number of pyridine rings is 1. The monoisotopic (exact) mass is 325 g/mol. The zero-order valence-corrected chi connectivity index (χ0v) is 13.2. The van der Waals surface area contributed by atoms with Crippen molar-refractivity contribution in [3.8, 4) is 0 Å². The van der Waals surface area contributed by atoms with Crippen LogP contribution in [-0.2, 0) is 4.79 Å². The lowest BCUT2D eigenvalue weighted by molar-refractivity contribution is -0.121. The van der Waals surface area contributed by atoms with Gasteiger partial charge in [-0.2, -0.15) is 0 Å². The molecule has 0 saturated carbocycles. The molecule has 0 radical (unpaired) electrons. The van der Waals surface area contributed by atoms with Crippen molar-refractivity contribution in [3.05, 3.63) is 64.6 Å². The molecule has 1 saturated heterocycles. The Morgan fingerprint density at radius 2 is 1.92 bits per heavy atom. The van der Waals surface area contributed by atoms with Crippen LogP contribution in [0.1, 0.15) is 23.2 Å². The number of benzene rings is 1. The van der Waals surface area contributed by atoms with Gasteiger partial charge in [-0.15, -0.1) is 0 Å². The summed E-state index contributed by atoms with van der Waals surface area (Å²) in [6.45, 7) is 1.01. The van der Waals surface area contributed by atoms with E-state index in [9.17, 15) is 14.4 Å². The van der Waals surface area contributed by atoms with E-state index in [1.54, 1.807) is 29.2 Å². The lowest BCUT2D eigenvalue weighted by Gasteiger charge is -2.32. The number of H-pyrrole nitrogens is 1. The Morgan fingerprint density at radius 1 is 1.12 bits per heavy atom. The summed E-state index contributed by atoms with van der Waals surface area (Å²) in [6.07, 6.45) is 2.98. The van der Waals surface area contributed by atoms with Crippen molar-refractivity contribution >= 4 is 17.5 Å². The molecule has 1 aliphatic rings. The van der Waals surface area contributed by atoms with Crippen molar-refractivity contribution in [2.24, 2.45) is 5.92 Å². The number of amides is 2. The molecular formula is C18H19N3O3. The van der Waals surface area contributed by atoms with Gasteiger partial charge in [0.15, 0.2) is 0 Å². The van der Waals surface area contributed by atoms with Gasteiger partial charge in [0, 0.05) is 24.8 Å². The molecule has 1 aromatic heterocycles. The SMILES string of the molecule is O=C(Nc1ccc[nH]c1=O)[C@H]1CCCN(C(=O)c2ccccc2)C1. The summed E-state index contributed by atoms with van der Waals surface area (Å²) >= 11 is 0. The predicted octanol–water partition coefficient (Wildman–Crippen LogP) is 1.87. The number of anilines is 1. The van der Waals surface area contributed by atoms with Crippen LogP contribution in [0.25, 0.3) is 0 Å². The molecule has 0 spiro atoms. The molecule has 0 bridgehead atoms. The summed E-state index contributed by atoms with van der Waals surface area (Å²) in [4.78, 5) is 40.8. The van der Waals surface area contributed by atoms with Crippen LogP contribution in [-0.4, -0.2) is 34.8 Å². The van der Waals surface area contributed by atoms with Gasteiger partial charge >= 0.3 is 0 Å². The number of nitrogens with zero attached hydrogens (tertiary/aromatic N) is 1. The summed E-state index contributed by atoms with van der Waals surface area (Å²) in [5.74, 6) is -0.603. The molecular weight excluding hydrogens is 306 g/mol. The largest absolute Gasteiger partial charge is 0.338 e. The van der Waals surface area contributed by atoms with E-state index in [-0.39, 0.29) is 29.0 Å². The highest BCUT2D eigenvalue weighted by molar-refractivity contribution is 5.96. The minimum absolute atomic E-state index is 0.0642. The highest BCUT2D eigenvalue weighted by atomic mass is 16.2. The second-order valence-corrected chi connectivity index (χ2v) is 5.86. The molecule has 0 unspecified atom stereocenters. The standard InChI is InChI=1S/C18H19N3O3/c22-16(20-15-9-4-10-19-17(15)23)14-8-5-11-21(12-14)18(24)13-6-2-1-3-7-13/h1-4,6-7,9-10,14H,5,8,11-12H2,(H,19,23)(H,20,22)/t14-/m0/s1. The van der Waals surface area contributed by atoms with E-state index in [4.69, 9.17) is 0 Å². The predicted molar refractivity (Wildman–Crippen MR) is 90.8 cm³/mol. The van der Waals surface area contributed by atoms with E-state index in [1.165, 1.54) is 6.20 Å². The van der Waals surface area contributed by atoms with Gasteiger partial charge in [0.2, 0.25) is 5.91 Å². The maximum absolute atomic E-state index is 12.5. The average molecular weight is 325 g/mol. The normalized spacial score (nSPS) is 17.3. The van der Waals surface area contributed by atoms with E-state index in [0.717, 1.165) is 6.42 Å². The van der Waals surface area contributed by atoms with Crippen molar-refractivity contribution in [2.45, 2.75) is 12.8 Å². The summed E-state index contributed by atoms with van der Waals surface area (Å²) in [6, 6.07) is 12.3. The fourth-order valence-corrected chi connectivity index (χ4v) is 2.89. The molecule has 6 heteroatoms. The molecule has 6 nitrogen and oxygen atoms in total. The quantitative estimate of drug-likeness (QED) is 0.904. The molecule has 2 aromatic rings. The molecule has 2 amide bonds. The summed E-state index contributed by atoms with van der Waals surface area (Å²) < 4.78 is 0. The molecule has 1 aromatic carbocycles. The van der Waals surface area contributed by atoms with Crippen LogP contribution in [0.3, 0.4) is 0 Å². The van der Waals surface area contributed by atoms with Gasteiger partial charge in [-0.25, -0.2) is 0 Å². The lowest BCUT2D eigenvalue weighted by Crippen LogP contribution is -2.44. The molecule has 1 atom stereocenters. The topological polar surface area (TPSA) is 82.3 Å². The Labute approximate surface area is 139 Å². The first-order valence-corrected chi connectivity index (χ1v) is 7.98. The smallest absolute Gasteiger partial charge is 0.271 e. The number of carbonyl (C=O) groups is 2. The van der Waals surface area contributed by atoms with E-state index >= 15 is 0 Å². The zero-order chi connectivity index (χ0) is 16.9. The number of likely N-dealkylation sites (tertiary alicyclic amines) is 1. The van der Waals surface area contributed by atoms with E-state index in [1.807, 2.05) is 18.2 Å². The third kappa shape index (κ3) is 3.53. The van der Waals surface area contributed by atoms with E-state index in [2.05, 4.69) is 10.3 Å². The van der Waals surface area contributed by atoms with Gasteiger partial charge in [-0.3, -0.25) is 14.4 Å². The summed E-state index contributed by atoms with van der Waals surface area (Å²) in [5.41, 5.74) is 0.519. The first-order chi connectivity index (χ1) is 11.6. The van der Waals surface area contributed by atoms with Crippen molar-refractivity contribution < 1.29 is 9.59 Å². The molecule has 24 heavy (non-hydrogen) atoms. The highest BCUT2D eigenvalue weighted by Crippen LogP contribution is 2.20. The Balaban J connectivity index is 1.67.